The Kier molecular flexibility index (Phi) is 9.07. The Morgan fingerprint density at radius 3 is 2.61 bits per heavy atom. The number of benzene rings is 2. The number of ether oxygens (including phenoxy) is 1. The van der Waals surface area contributed by atoms with E-state index in [0.717, 1.165) is 26.9 Å². The number of para-hydroxylation sites is 1. The lowest BCUT2D eigenvalue weighted by Crippen LogP contribution is -2.39. The highest BCUT2D eigenvalue weighted by molar-refractivity contribution is 9.10. The van der Waals surface area contributed by atoms with Gasteiger partial charge in [-0.05, 0) is 67.2 Å². The number of allylic oxidation sites excluding steroid dienone is 1. The number of likely N-dealkylation sites (tertiary alicyclic amines) is 1. The van der Waals surface area contributed by atoms with Gasteiger partial charge in [0.15, 0.2) is 0 Å². The zero-order valence-electron chi connectivity index (χ0n) is 21.6. The third kappa shape index (κ3) is 5.87. The lowest BCUT2D eigenvalue weighted by atomic mass is 9.68. The Labute approximate surface area is 231 Å². The normalized spacial score (nSPS) is 22.6. The van der Waals surface area contributed by atoms with E-state index in [4.69, 9.17) is 4.74 Å². The molecular formula is C30H34BrNO6. The molecule has 0 unspecified atom stereocenters. The first-order chi connectivity index (χ1) is 18.2. The molecule has 4 rings (SSSR count). The summed E-state index contributed by atoms with van der Waals surface area (Å²) in [5.74, 6) is -1.66. The number of nitrogens with zero attached hydrogens (tertiary/aromatic N) is 1. The number of fused-ring (bicyclic) bond motifs is 1. The number of hydrogen-bond donors (Lipinski definition) is 3. The maximum atomic E-state index is 13.0. The number of halogens is 1. The summed E-state index contributed by atoms with van der Waals surface area (Å²) in [4.78, 5) is 27.0. The van der Waals surface area contributed by atoms with Gasteiger partial charge in [-0.2, -0.15) is 0 Å². The van der Waals surface area contributed by atoms with Crippen LogP contribution in [0.2, 0.25) is 0 Å². The summed E-state index contributed by atoms with van der Waals surface area (Å²) >= 11 is 3.43. The van der Waals surface area contributed by atoms with Gasteiger partial charge in [-0.1, -0.05) is 52.7 Å². The van der Waals surface area contributed by atoms with Gasteiger partial charge in [0.1, 0.15) is 18.1 Å². The van der Waals surface area contributed by atoms with Crippen molar-refractivity contribution in [3.05, 3.63) is 75.3 Å². The van der Waals surface area contributed by atoms with Gasteiger partial charge in [0, 0.05) is 23.0 Å². The lowest BCUT2D eigenvalue weighted by molar-refractivity contribution is -0.138. The Bertz CT molecular complexity index is 1240. The Morgan fingerprint density at radius 1 is 1.18 bits per heavy atom. The van der Waals surface area contributed by atoms with Crippen molar-refractivity contribution >= 4 is 33.8 Å². The van der Waals surface area contributed by atoms with Crippen LogP contribution >= 0.6 is 15.9 Å². The van der Waals surface area contributed by atoms with Crippen molar-refractivity contribution < 1.29 is 29.6 Å². The van der Waals surface area contributed by atoms with E-state index in [1.807, 2.05) is 49.4 Å². The fourth-order valence-corrected chi connectivity index (χ4v) is 6.00. The summed E-state index contributed by atoms with van der Waals surface area (Å²) in [7, 11) is 1.48. The highest BCUT2D eigenvalue weighted by Crippen LogP contribution is 2.46. The van der Waals surface area contributed by atoms with E-state index in [9.17, 15) is 24.9 Å². The van der Waals surface area contributed by atoms with Gasteiger partial charge in [-0.15, -0.1) is 0 Å². The summed E-state index contributed by atoms with van der Waals surface area (Å²) in [6.45, 7) is 1.83. The van der Waals surface area contributed by atoms with Crippen LogP contribution in [-0.4, -0.2) is 58.4 Å². The number of aromatic hydroxyl groups is 1. The fourth-order valence-electron chi connectivity index (χ4n) is 5.63. The van der Waals surface area contributed by atoms with Crippen molar-refractivity contribution in [2.75, 3.05) is 20.3 Å². The summed E-state index contributed by atoms with van der Waals surface area (Å²) in [5, 5.41) is 32.1. The number of phenols is 1. The van der Waals surface area contributed by atoms with Crippen LogP contribution in [0.5, 0.6) is 11.5 Å². The molecule has 4 atom stereocenters. The molecule has 1 heterocycles. The highest BCUT2D eigenvalue weighted by atomic mass is 79.9. The summed E-state index contributed by atoms with van der Waals surface area (Å²) in [5.41, 5.74) is 3.08. The highest BCUT2D eigenvalue weighted by Gasteiger charge is 2.53. The molecule has 0 saturated carbocycles. The van der Waals surface area contributed by atoms with Crippen molar-refractivity contribution in [3.63, 3.8) is 0 Å². The quantitative estimate of drug-likeness (QED) is 0.276. The number of carbonyl (C=O) groups is 2. The number of carbonyl (C=O) groups excluding carboxylic acids is 2. The number of hydrogen-bond acceptors (Lipinski definition) is 6. The Morgan fingerprint density at radius 2 is 1.92 bits per heavy atom. The molecule has 1 fully saturated rings. The topological polar surface area (TPSA) is 107 Å². The van der Waals surface area contributed by atoms with Gasteiger partial charge < -0.3 is 20.1 Å². The molecule has 0 spiro atoms. The predicted octanol–water partition coefficient (Wildman–Crippen LogP) is 4.71. The van der Waals surface area contributed by atoms with Crippen molar-refractivity contribution in [2.45, 2.75) is 38.7 Å². The second-order valence-corrected chi connectivity index (χ2v) is 10.9. The maximum absolute atomic E-state index is 13.0. The Hall–Kier alpha value is -2.94. The van der Waals surface area contributed by atoms with Gasteiger partial charge in [-0.25, -0.2) is 0 Å². The SMILES string of the molecule is CC/C(=C\c1cc(Br)ccc1O)CC[C@@H](O)C1=C(COc2ccccc2)C[C@H]2C(=O)N(C)C(=O)[C@H]2[C@H]1CO. The smallest absolute Gasteiger partial charge is 0.233 e. The first-order valence-electron chi connectivity index (χ1n) is 12.9. The predicted molar refractivity (Wildman–Crippen MR) is 148 cm³/mol. The number of aliphatic hydroxyl groups is 2. The number of amides is 2. The molecule has 1 aliphatic carbocycles. The lowest BCUT2D eigenvalue weighted by Gasteiger charge is -2.36. The zero-order chi connectivity index (χ0) is 27.4. The molecule has 1 saturated heterocycles. The van der Waals surface area contributed by atoms with Crippen molar-refractivity contribution in [2.24, 2.45) is 17.8 Å². The van der Waals surface area contributed by atoms with E-state index in [0.29, 0.717) is 36.1 Å². The molecule has 8 heteroatoms. The van der Waals surface area contributed by atoms with E-state index in [-0.39, 0.29) is 30.8 Å². The molecule has 1 aliphatic heterocycles. The number of phenolic OH excluding ortho intramolecular Hbond substituents is 1. The third-order valence-electron chi connectivity index (χ3n) is 7.66. The minimum atomic E-state index is -0.928. The van der Waals surface area contributed by atoms with Crippen LogP contribution in [0.4, 0.5) is 0 Å². The van der Waals surface area contributed by atoms with Gasteiger partial charge in [-0.3, -0.25) is 14.5 Å². The first kappa shape index (κ1) is 28.1. The van der Waals surface area contributed by atoms with Crippen LogP contribution in [0, 0.1) is 17.8 Å². The van der Waals surface area contributed by atoms with E-state index < -0.39 is 23.9 Å². The van der Waals surface area contributed by atoms with Crippen LogP contribution in [0.3, 0.4) is 0 Å². The molecule has 2 amide bonds. The molecule has 2 aromatic carbocycles. The van der Waals surface area contributed by atoms with E-state index in [2.05, 4.69) is 15.9 Å². The van der Waals surface area contributed by atoms with Gasteiger partial charge >= 0.3 is 0 Å². The minimum absolute atomic E-state index is 0.156. The van der Waals surface area contributed by atoms with E-state index in [1.165, 1.54) is 7.05 Å². The first-order valence-corrected chi connectivity index (χ1v) is 13.7. The standard InChI is InChI=1S/C30H34BrNO6/c1-3-18(13-19-14-21(31)10-12-25(19)34)9-11-26(35)27-20(17-38-22-7-5-4-6-8-22)15-23-28(24(27)16-33)30(37)32(2)29(23)36/h4-8,10,12-14,23-24,26,28,33-35H,3,9,11,15-17H2,1-2H3/b18-13+/t23-,24+,26-,28-/m1/s1. The summed E-state index contributed by atoms with van der Waals surface area (Å²) < 4.78 is 6.86. The number of imide groups is 1. The summed E-state index contributed by atoms with van der Waals surface area (Å²) in [6, 6.07) is 14.5. The second-order valence-electron chi connectivity index (χ2n) is 9.94. The van der Waals surface area contributed by atoms with E-state index >= 15 is 0 Å². The summed E-state index contributed by atoms with van der Waals surface area (Å²) in [6.07, 6.45) is 2.95. The molecule has 3 N–H and O–H groups in total. The molecule has 0 bridgehead atoms. The Balaban J connectivity index is 1.62. The van der Waals surface area contributed by atoms with Gasteiger partial charge in [0.05, 0.1) is 24.5 Å². The molecule has 0 radical (unpaired) electrons. The van der Waals surface area contributed by atoms with Gasteiger partial charge in [0.25, 0.3) is 0 Å². The van der Waals surface area contributed by atoms with Crippen LogP contribution in [0.1, 0.15) is 38.2 Å². The molecule has 0 aromatic heterocycles. The van der Waals surface area contributed by atoms with Crippen molar-refractivity contribution in [3.8, 4) is 11.5 Å². The van der Waals surface area contributed by atoms with Crippen LogP contribution in [0.25, 0.3) is 6.08 Å². The number of rotatable bonds is 10. The largest absolute Gasteiger partial charge is 0.507 e. The van der Waals surface area contributed by atoms with Crippen molar-refractivity contribution in [1.29, 1.82) is 0 Å². The molecule has 2 aromatic rings. The fraction of sp³-hybridized carbons (Fsp3) is 0.400. The minimum Gasteiger partial charge on any atom is -0.507 e. The zero-order valence-corrected chi connectivity index (χ0v) is 23.2. The average molecular weight is 585 g/mol. The van der Waals surface area contributed by atoms with E-state index in [1.54, 1.807) is 12.1 Å². The number of aliphatic hydroxyl groups excluding tert-OH is 2. The van der Waals surface area contributed by atoms with Crippen molar-refractivity contribution in [1.82, 2.24) is 4.90 Å². The molecular weight excluding hydrogens is 550 g/mol. The molecule has 2 aliphatic rings. The molecule has 7 nitrogen and oxygen atoms in total. The van der Waals surface area contributed by atoms with Crippen LogP contribution < -0.4 is 4.74 Å². The monoisotopic (exact) mass is 583 g/mol. The third-order valence-corrected chi connectivity index (χ3v) is 8.15. The van der Waals surface area contributed by atoms with Crippen LogP contribution in [0.15, 0.2) is 69.7 Å². The average Bonchev–Trinajstić information content (AvgIpc) is 3.14. The van der Waals surface area contributed by atoms with Gasteiger partial charge in [0.2, 0.25) is 11.8 Å². The second kappa shape index (κ2) is 12.3. The van der Waals surface area contributed by atoms with Crippen LogP contribution in [-0.2, 0) is 9.59 Å². The molecule has 202 valence electrons. The maximum Gasteiger partial charge on any atom is 0.233 e. The molecule has 38 heavy (non-hydrogen) atoms.